The van der Waals surface area contributed by atoms with Gasteiger partial charge < -0.3 is 9.73 Å². The lowest BCUT2D eigenvalue weighted by atomic mass is 9.93. The summed E-state index contributed by atoms with van der Waals surface area (Å²) in [6.45, 7) is 1.84. The lowest BCUT2D eigenvalue weighted by Crippen LogP contribution is -2.29. The van der Waals surface area contributed by atoms with E-state index in [4.69, 9.17) is 4.42 Å². The Kier molecular flexibility index (Phi) is 5.02. The third-order valence-electron chi connectivity index (χ3n) is 4.69. The smallest absolute Gasteiger partial charge is 0.286 e. The van der Waals surface area contributed by atoms with Crippen LogP contribution in [0.15, 0.2) is 74.6 Å². The standard InChI is InChI=1S/C21H19N3O4S/c1-14-13-28-21(22-14)16(15-7-3-2-4-8-15)11-12-18(25)20-23-17-9-5-6-10-19(17)29(26,27)24-20/h2-10,13,16H,11-12H2,1H3,(H,23,24). The molecule has 4 rings (SSSR count). The van der Waals surface area contributed by atoms with E-state index >= 15 is 0 Å². The van der Waals surface area contributed by atoms with Gasteiger partial charge in [0.1, 0.15) is 11.2 Å². The quantitative estimate of drug-likeness (QED) is 0.666. The first kappa shape index (κ1) is 19.1. The van der Waals surface area contributed by atoms with Gasteiger partial charge in [-0.25, -0.2) is 4.98 Å². The molecule has 148 valence electrons. The molecule has 0 bridgehead atoms. The van der Waals surface area contributed by atoms with Gasteiger partial charge in [0.05, 0.1) is 17.3 Å². The van der Waals surface area contributed by atoms with Gasteiger partial charge in [-0.2, -0.15) is 8.42 Å². The number of aromatic nitrogens is 1. The van der Waals surface area contributed by atoms with Crippen molar-refractivity contribution in [3.8, 4) is 0 Å². The van der Waals surface area contributed by atoms with Gasteiger partial charge in [0.15, 0.2) is 11.6 Å². The Hall–Kier alpha value is -3.26. The van der Waals surface area contributed by atoms with Crippen LogP contribution in [-0.2, 0) is 14.8 Å². The Morgan fingerprint density at radius 2 is 1.83 bits per heavy atom. The number of carbonyl (C=O) groups is 1. The fraction of sp³-hybridized carbons (Fsp3) is 0.190. The van der Waals surface area contributed by atoms with Crippen LogP contribution in [0.25, 0.3) is 0 Å². The molecular weight excluding hydrogens is 390 g/mol. The number of benzene rings is 2. The van der Waals surface area contributed by atoms with Gasteiger partial charge in [-0.3, -0.25) is 4.79 Å². The van der Waals surface area contributed by atoms with E-state index in [0.717, 1.165) is 11.3 Å². The topological polar surface area (TPSA) is 102 Å². The third kappa shape index (κ3) is 3.97. The fourth-order valence-electron chi connectivity index (χ4n) is 3.28. The maximum atomic E-state index is 12.8. The number of rotatable bonds is 6. The Balaban J connectivity index is 1.56. The van der Waals surface area contributed by atoms with E-state index in [2.05, 4.69) is 14.7 Å². The average Bonchev–Trinajstić information content (AvgIpc) is 3.14. The fourth-order valence-corrected chi connectivity index (χ4v) is 4.41. The van der Waals surface area contributed by atoms with Crippen LogP contribution in [0.4, 0.5) is 5.69 Å². The molecule has 1 aliphatic rings. The molecule has 3 aromatic rings. The van der Waals surface area contributed by atoms with Crippen molar-refractivity contribution < 1.29 is 17.6 Å². The van der Waals surface area contributed by atoms with E-state index in [0.29, 0.717) is 18.0 Å². The van der Waals surface area contributed by atoms with Crippen molar-refractivity contribution in [3.63, 3.8) is 0 Å². The summed E-state index contributed by atoms with van der Waals surface area (Å²) in [5.74, 6) is -0.244. The third-order valence-corrected chi connectivity index (χ3v) is 6.03. The highest BCUT2D eigenvalue weighted by atomic mass is 32.2. The number of carbonyl (C=O) groups excluding carboxylic acids is 1. The van der Waals surface area contributed by atoms with E-state index in [1.807, 2.05) is 37.3 Å². The van der Waals surface area contributed by atoms with E-state index in [-0.39, 0.29) is 28.9 Å². The molecule has 1 unspecified atom stereocenters. The molecule has 0 fully saturated rings. The normalized spacial score (nSPS) is 15.7. The van der Waals surface area contributed by atoms with Gasteiger partial charge in [-0.15, -0.1) is 4.40 Å². The summed E-state index contributed by atoms with van der Waals surface area (Å²) in [7, 11) is -3.90. The van der Waals surface area contributed by atoms with Gasteiger partial charge in [0.25, 0.3) is 10.0 Å². The van der Waals surface area contributed by atoms with Crippen LogP contribution < -0.4 is 5.32 Å². The van der Waals surface area contributed by atoms with E-state index in [9.17, 15) is 13.2 Å². The van der Waals surface area contributed by atoms with Crippen molar-refractivity contribution in [2.45, 2.75) is 30.6 Å². The van der Waals surface area contributed by atoms with Crippen LogP contribution in [0.5, 0.6) is 0 Å². The maximum Gasteiger partial charge on any atom is 0.286 e. The number of sulfonamides is 1. The number of nitrogens with zero attached hydrogens (tertiary/aromatic N) is 2. The molecular formula is C21H19N3O4S. The second kappa shape index (κ2) is 7.63. The molecule has 1 atom stereocenters. The van der Waals surface area contributed by atoms with Gasteiger partial charge in [0, 0.05) is 6.42 Å². The van der Waals surface area contributed by atoms with Crippen molar-refractivity contribution in [2.24, 2.45) is 4.40 Å². The molecule has 1 aromatic heterocycles. The van der Waals surface area contributed by atoms with Crippen LogP contribution in [0.3, 0.4) is 0 Å². The molecule has 0 radical (unpaired) electrons. The van der Waals surface area contributed by atoms with Crippen molar-refractivity contribution in [3.05, 3.63) is 78.0 Å². The minimum absolute atomic E-state index is 0.0639. The number of amidine groups is 1. The van der Waals surface area contributed by atoms with Crippen LogP contribution in [0, 0.1) is 6.92 Å². The second-order valence-electron chi connectivity index (χ2n) is 6.79. The van der Waals surface area contributed by atoms with Crippen molar-refractivity contribution in [1.82, 2.24) is 4.98 Å². The maximum absolute atomic E-state index is 12.8. The molecule has 2 aromatic carbocycles. The Labute approximate surface area is 168 Å². The lowest BCUT2D eigenvalue weighted by Gasteiger charge is -2.18. The van der Waals surface area contributed by atoms with Crippen LogP contribution in [-0.4, -0.2) is 25.0 Å². The summed E-state index contributed by atoms with van der Waals surface area (Å²) >= 11 is 0. The monoisotopic (exact) mass is 409 g/mol. The molecule has 0 amide bonds. The number of fused-ring (bicyclic) bond motifs is 1. The number of hydrogen-bond donors (Lipinski definition) is 1. The SMILES string of the molecule is Cc1coc(C(CCC(=O)C2=NS(=O)(=O)c3ccccc3N2)c2ccccc2)n1. The lowest BCUT2D eigenvalue weighted by molar-refractivity contribution is -0.113. The first-order valence-corrected chi connectivity index (χ1v) is 10.6. The predicted octanol–water partition coefficient (Wildman–Crippen LogP) is 3.68. The minimum atomic E-state index is -3.90. The Bertz CT molecular complexity index is 1180. The van der Waals surface area contributed by atoms with E-state index in [1.54, 1.807) is 24.5 Å². The average molecular weight is 409 g/mol. The van der Waals surface area contributed by atoms with E-state index in [1.165, 1.54) is 6.07 Å². The number of hydrogen-bond acceptors (Lipinski definition) is 6. The summed E-state index contributed by atoms with van der Waals surface area (Å²) < 4.78 is 34.0. The van der Waals surface area contributed by atoms with Crippen LogP contribution >= 0.6 is 0 Å². The molecule has 29 heavy (non-hydrogen) atoms. The molecule has 1 aliphatic heterocycles. The Morgan fingerprint density at radius 3 is 2.55 bits per heavy atom. The minimum Gasteiger partial charge on any atom is -0.448 e. The summed E-state index contributed by atoms with van der Waals surface area (Å²) in [5, 5.41) is 2.84. The first-order chi connectivity index (χ1) is 13.9. The Morgan fingerprint density at radius 1 is 1.10 bits per heavy atom. The number of Topliss-reactive ketones (excluding diaryl/α,β-unsaturated/α-hetero) is 1. The highest BCUT2D eigenvalue weighted by Crippen LogP contribution is 2.30. The van der Waals surface area contributed by atoms with Crippen LogP contribution in [0.2, 0.25) is 0 Å². The molecule has 1 N–H and O–H groups in total. The van der Waals surface area contributed by atoms with Crippen LogP contribution in [0.1, 0.15) is 35.9 Å². The van der Waals surface area contributed by atoms with Crippen molar-refractivity contribution in [1.29, 1.82) is 0 Å². The number of aryl methyl sites for hydroxylation is 1. The zero-order chi connectivity index (χ0) is 20.4. The molecule has 8 heteroatoms. The number of nitrogens with one attached hydrogen (secondary N) is 1. The van der Waals surface area contributed by atoms with Crippen molar-refractivity contribution >= 4 is 27.3 Å². The summed E-state index contributed by atoms with van der Waals surface area (Å²) in [6.07, 6.45) is 2.07. The number of anilines is 1. The van der Waals surface area contributed by atoms with Gasteiger partial charge in [-0.1, -0.05) is 42.5 Å². The predicted molar refractivity (Wildman–Crippen MR) is 108 cm³/mol. The number of ketones is 1. The van der Waals surface area contributed by atoms with Crippen molar-refractivity contribution in [2.75, 3.05) is 5.32 Å². The highest BCUT2D eigenvalue weighted by Gasteiger charge is 2.28. The summed E-state index contributed by atoms with van der Waals surface area (Å²) in [6, 6.07) is 16.0. The van der Waals surface area contributed by atoms with Gasteiger partial charge in [-0.05, 0) is 31.0 Å². The molecule has 0 aliphatic carbocycles. The zero-order valence-corrected chi connectivity index (χ0v) is 16.5. The molecule has 0 spiro atoms. The highest BCUT2D eigenvalue weighted by molar-refractivity contribution is 7.90. The number of oxazole rings is 1. The van der Waals surface area contributed by atoms with Gasteiger partial charge in [0.2, 0.25) is 5.89 Å². The summed E-state index contributed by atoms with van der Waals surface area (Å²) in [4.78, 5) is 17.2. The molecule has 7 nitrogen and oxygen atoms in total. The largest absolute Gasteiger partial charge is 0.448 e. The zero-order valence-electron chi connectivity index (χ0n) is 15.7. The number of para-hydroxylation sites is 1. The first-order valence-electron chi connectivity index (χ1n) is 9.15. The molecule has 0 saturated heterocycles. The van der Waals surface area contributed by atoms with E-state index < -0.39 is 10.0 Å². The summed E-state index contributed by atoms with van der Waals surface area (Å²) in [5.41, 5.74) is 2.08. The molecule has 2 heterocycles. The van der Waals surface area contributed by atoms with Gasteiger partial charge >= 0.3 is 0 Å². The second-order valence-corrected chi connectivity index (χ2v) is 8.36. The molecule has 0 saturated carbocycles.